The van der Waals surface area contributed by atoms with Gasteiger partial charge in [-0.25, -0.2) is 0 Å². The van der Waals surface area contributed by atoms with Crippen LogP contribution in [0.25, 0.3) is 0 Å². The Morgan fingerprint density at radius 3 is 2.74 bits per heavy atom. The number of aliphatic hydroxyl groups excluding tert-OH is 1. The molecule has 0 aliphatic heterocycles. The third-order valence-electron chi connectivity index (χ3n) is 5.22. The zero-order valence-corrected chi connectivity index (χ0v) is 12.1. The molecule has 1 fully saturated rings. The van der Waals surface area contributed by atoms with Crippen LogP contribution in [-0.4, -0.2) is 9.67 Å². The van der Waals surface area contributed by atoms with Crippen molar-refractivity contribution in [2.75, 3.05) is 0 Å². The van der Waals surface area contributed by atoms with Gasteiger partial charge in [-0.3, -0.25) is 0 Å². The fourth-order valence-electron chi connectivity index (χ4n) is 4.15. The van der Waals surface area contributed by atoms with Gasteiger partial charge in [-0.05, 0) is 56.9 Å². The largest absolute Gasteiger partial charge is 0.388 e. The third kappa shape index (κ3) is 2.60. The van der Waals surface area contributed by atoms with E-state index in [2.05, 4.69) is 23.8 Å². The van der Waals surface area contributed by atoms with E-state index in [1.807, 2.05) is 0 Å². The summed E-state index contributed by atoms with van der Waals surface area (Å²) in [5, 5.41) is 10.1. The first-order chi connectivity index (χ1) is 9.29. The van der Waals surface area contributed by atoms with E-state index >= 15 is 0 Å². The zero-order valence-electron chi connectivity index (χ0n) is 12.1. The van der Waals surface area contributed by atoms with Crippen LogP contribution in [0.1, 0.15) is 81.7 Å². The summed E-state index contributed by atoms with van der Waals surface area (Å²) in [7, 11) is 0. The molecule has 2 aliphatic carbocycles. The van der Waals surface area contributed by atoms with Gasteiger partial charge in [0, 0.05) is 23.5 Å². The predicted molar refractivity (Wildman–Crippen MR) is 78.2 cm³/mol. The van der Waals surface area contributed by atoms with E-state index in [0.29, 0.717) is 6.04 Å². The summed E-state index contributed by atoms with van der Waals surface area (Å²) in [6, 6.07) is 2.86. The summed E-state index contributed by atoms with van der Waals surface area (Å²) >= 11 is 0. The summed E-state index contributed by atoms with van der Waals surface area (Å²) < 4.78 is 2.50. The van der Waals surface area contributed by atoms with Crippen molar-refractivity contribution in [2.24, 2.45) is 5.92 Å². The Kier molecular flexibility index (Phi) is 3.97. The normalized spacial score (nSPS) is 31.2. The Balaban J connectivity index is 1.70. The number of rotatable bonds is 3. The van der Waals surface area contributed by atoms with Crippen molar-refractivity contribution < 1.29 is 5.11 Å². The average molecular weight is 261 g/mol. The van der Waals surface area contributed by atoms with Crippen LogP contribution < -0.4 is 0 Å². The number of fused-ring (bicyclic) bond motifs is 1. The van der Waals surface area contributed by atoms with Crippen molar-refractivity contribution in [1.82, 2.24) is 4.57 Å². The molecule has 1 atom stereocenters. The molecule has 2 heteroatoms. The predicted octanol–water partition coefficient (Wildman–Crippen LogP) is 4.39. The quantitative estimate of drug-likeness (QED) is 0.857. The van der Waals surface area contributed by atoms with Gasteiger partial charge >= 0.3 is 0 Å². The number of hydrogen-bond acceptors (Lipinski definition) is 1. The molecule has 0 radical (unpaired) electrons. The van der Waals surface area contributed by atoms with Crippen LogP contribution in [0.5, 0.6) is 0 Å². The molecule has 1 aromatic heterocycles. The monoisotopic (exact) mass is 261 g/mol. The average Bonchev–Trinajstić information content (AvgIpc) is 2.85. The second-order valence-electron chi connectivity index (χ2n) is 6.50. The van der Waals surface area contributed by atoms with Crippen LogP contribution in [-0.2, 0) is 6.42 Å². The first kappa shape index (κ1) is 13.2. The highest BCUT2D eigenvalue weighted by Crippen LogP contribution is 2.38. The molecule has 0 bridgehead atoms. The van der Waals surface area contributed by atoms with E-state index in [4.69, 9.17) is 0 Å². The maximum Gasteiger partial charge on any atom is 0.0807 e. The standard InChI is InChI=1S/C17H27NO/c1-2-4-13-7-9-14(10-8-13)18-12-11-15-16(18)5-3-6-17(15)19/h11-14,17,19H,2-10H2,1H3. The highest BCUT2D eigenvalue weighted by Gasteiger charge is 2.27. The molecule has 1 unspecified atom stereocenters. The van der Waals surface area contributed by atoms with E-state index in [1.54, 1.807) is 0 Å². The van der Waals surface area contributed by atoms with E-state index in [-0.39, 0.29) is 6.10 Å². The van der Waals surface area contributed by atoms with Crippen LogP contribution in [0.4, 0.5) is 0 Å². The third-order valence-corrected chi connectivity index (χ3v) is 5.22. The molecule has 0 spiro atoms. The molecule has 3 rings (SSSR count). The van der Waals surface area contributed by atoms with Gasteiger partial charge in [0.25, 0.3) is 0 Å². The Hall–Kier alpha value is -0.760. The topological polar surface area (TPSA) is 25.2 Å². The molecule has 19 heavy (non-hydrogen) atoms. The molecule has 2 nitrogen and oxygen atoms in total. The summed E-state index contributed by atoms with van der Waals surface area (Å²) in [5.41, 5.74) is 2.64. The molecule has 1 heterocycles. The van der Waals surface area contributed by atoms with Crippen LogP contribution in [0.2, 0.25) is 0 Å². The Morgan fingerprint density at radius 1 is 1.21 bits per heavy atom. The molecule has 2 aliphatic rings. The van der Waals surface area contributed by atoms with E-state index in [1.165, 1.54) is 49.8 Å². The van der Waals surface area contributed by atoms with E-state index in [9.17, 15) is 5.11 Å². The highest BCUT2D eigenvalue weighted by molar-refractivity contribution is 5.28. The first-order valence-corrected chi connectivity index (χ1v) is 8.17. The summed E-state index contributed by atoms with van der Waals surface area (Å²) in [4.78, 5) is 0. The Labute approximate surface area is 116 Å². The van der Waals surface area contributed by atoms with Gasteiger partial charge in [0.15, 0.2) is 0 Å². The van der Waals surface area contributed by atoms with Crippen LogP contribution in [0.15, 0.2) is 12.3 Å². The summed E-state index contributed by atoms with van der Waals surface area (Å²) in [6.07, 6.45) is 13.5. The summed E-state index contributed by atoms with van der Waals surface area (Å²) in [6.45, 7) is 2.30. The molecule has 0 amide bonds. The summed E-state index contributed by atoms with van der Waals surface area (Å²) in [5.74, 6) is 0.971. The second kappa shape index (κ2) is 5.70. The lowest BCUT2D eigenvalue weighted by atomic mass is 9.83. The lowest BCUT2D eigenvalue weighted by Gasteiger charge is -2.32. The van der Waals surface area contributed by atoms with Crippen molar-refractivity contribution in [2.45, 2.75) is 76.9 Å². The van der Waals surface area contributed by atoms with Gasteiger partial charge in [-0.1, -0.05) is 19.8 Å². The van der Waals surface area contributed by atoms with Gasteiger partial charge < -0.3 is 9.67 Å². The minimum Gasteiger partial charge on any atom is -0.388 e. The molecule has 1 saturated carbocycles. The van der Waals surface area contributed by atoms with Gasteiger partial charge in [0.2, 0.25) is 0 Å². The molecule has 0 aromatic carbocycles. The van der Waals surface area contributed by atoms with Crippen molar-refractivity contribution in [3.63, 3.8) is 0 Å². The van der Waals surface area contributed by atoms with Gasteiger partial charge in [0.05, 0.1) is 6.10 Å². The van der Waals surface area contributed by atoms with Crippen LogP contribution >= 0.6 is 0 Å². The molecule has 106 valence electrons. The smallest absolute Gasteiger partial charge is 0.0807 e. The number of nitrogens with zero attached hydrogens (tertiary/aromatic N) is 1. The van der Waals surface area contributed by atoms with Crippen molar-refractivity contribution in [1.29, 1.82) is 0 Å². The van der Waals surface area contributed by atoms with Crippen molar-refractivity contribution in [3.05, 3.63) is 23.5 Å². The molecule has 0 saturated heterocycles. The van der Waals surface area contributed by atoms with Gasteiger partial charge in [-0.15, -0.1) is 0 Å². The van der Waals surface area contributed by atoms with E-state index in [0.717, 1.165) is 25.2 Å². The number of aliphatic hydroxyl groups is 1. The molecular formula is C17H27NO. The van der Waals surface area contributed by atoms with Gasteiger partial charge in [0.1, 0.15) is 0 Å². The molecule has 1 N–H and O–H groups in total. The van der Waals surface area contributed by atoms with Crippen molar-refractivity contribution >= 4 is 0 Å². The fraction of sp³-hybridized carbons (Fsp3) is 0.765. The Bertz CT molecular complexity index is 415. The first-order valence-electron chi connectivity index (χ1n) is 8.17. The zero-order chi connectivity index (χ0) is 13.2. The van der Waals surface area contributed by atoms with Crippen LogP contribution in [0, 0.1) is 5.92 Å². The van der Waals surface area contributed by atoms with E-state index < -0.39 is 0 Å². The molecule has 1 aromatic rings. The van der Waals surface area contributed by atoms with Gasteiger partial charge in [-0.2, -0.15) is 0 Å². The highest BCUT2D eigenvalue weighted by atomic mass is 16.3. The fourth-order valence-corrected chi connectivity index (χ4v) is 4.15. The maximum absolute atomic E-state index is 10.1. The minimum absolute atomic E-state index is 0.207. The minimum atomic E-state index is -0.207. The van der Waals surface area contributed by atoms with Crippen molar-refractivity contribution in [3.8, 4) is 0 Å². The molecular weight excluding hydrogens is 234 g/mol. The number of aromatic nitrogens is 1. The Morgan fingerprint density at radius 2 is 2.00 bits per heavy atom. The lowest BCUT2D eigenvalue weighted by Crippen LogP contribution is -2.21. The second-order valence-corrected chi connectivity index (χ2v) is 6.50. The van der Waals surface area contributed by atoms with Crippen LogP contribution in [0.3, 0.4) is 0 Å². The number of hydrogen-bond donors (Lipinski definition) is 1. The SMILES string of the molecule is CCCC1CCC(n2ccc3c2CCCC3O)CC1. The lowest BCUT2D eigenvalue weighted by molar-refractivity contribution is 0.154. The maximum atomic E-state index is 10.1.